The molecule has 0 aliphatic rings. The van der Waals surface area contributed by atoms with E-state index in [1.807, 2.05) is 24.3 Å². The molecule has 3 N–H and O–H groups in total. The van der Waals surface area contributed by atoms with Crippen molar-refractivity contribution < 1.29 is 18.7 Å². The quantitative estimate of drug-likeness (QED) is 0.565. The van der Waals surface area contributed by atoms with Crippen molar-refractivity contribution in [2.24, 2.45) is 5.73 Å². The average Bonchev–Trinajstić information content (AvgIpc) is 2.74. The lowest BCUT2D eigenvalue weighted by molar-refractivity contribution is -0.116. The number of hydrogen-bond donors (Lipinski definition) is 2. The average molecular weight is 428 g/mol. The van der Waals surface area contributed by atoms with E-state index in [0.29, 0.717) is 17.9 Å². The van der Waals surface area contributed by atoms with Gasteiger partial charge in [-0.3, -0.25) is 14.6 Å². The molecule has 0 aliphatic carbocycles. The van der Waals surface area contributed by atoms with Crippen LogP contribution in [-0.2, 0) is 17.8 Å². The van der Waals surface area contributed by atoms with E-state index < -0.39 is 11.7 Å². The fraction of sp³-hybridized carbons (Fsp3) is 0.136. The van der Waals surface area contributed by atoms with E-state index in [4.69, 9.17) is 22.1 Å². The van der Waals surface area contributed by atoms with Crippen LogP contribution in [0.4, 0.5) is 10.1 Å². The van der Waals surface area contributed by atoms with E-state index in [2.05, 4.69) is 10.3 Å². The molecule has 0 spiro atoms. The third kappa shape index (κ3) is 6.02. The number of pyridine rings is 1. The monoisotopic (exact) mass is 427 g/mol. The number of aryl methyl sites for hydroxylation is 1. The highest BCUT2D eigenvalue weighted by Crippen LogP contribution is 2.20. The van der Waals surface area contributed by atoms with Crippen LogP contribution in [0.1, 0.15) is 28.0 Å². The lowest BCUT2D eigenvalue weighted by Gasteiger charge is -2.09. The van der Waals surface area contributed by atoms with Gasteiger partial charge in [-0.05, 0) is 60.0 Å². The number of rotatable bonds is 8. The van der Waals surface area contributed by atoms with E-state index >= 15 is 0 Å². The number of nitrogens with two attached hydrogens (primary N) is 1. The predicted octanol–water partition coefficient (Wildman–Crippen LogP) is 4.12. The van der Waals surface area contributed by atoms with Gasteiger partial charge in [0, 0.05) is 18.3 Å². The molecule has 3 aromatic rings. The normalized spacial score (nSPS) is 10.5. The van der Waals surface area contributed by atoms with Crippen LogP contribution in [0.2, 0.25) is 5.02 Å². The Labute approximate surface area is 177 Å². The van der Waals surface area contributed by atoms with Gasteiger partial charge in [-0.15, -0.1) is 0 Å². The molecule has 2 amide bonds. The smallest absolute Gasteiger partial charge is 0.267 e. The number of primary amides is 1. The van der Waals surface area contributed by atoms with Crippen LogP contribution in [0.25, 0.3) is 0 Å². The van der Waals surface area contributed by atoms with E-state index in [0.717, 1.165) is 11.1 Å². The number of halogens is 2. The zero-order valence-corrected chi connectivity index (χ0v) is 16.7. The van der Waals surface area contributed by atoms with E-state index in [9.17, 15) is 14.0 Å². The molecule has 0 saturated heterocycles. The van der Waals surface area contributed by atoms with Gasteiger partial charge in [0.25, 0.3) is 5.91 Å². The Morgan fingerprint density at radius 3 is 2.53 bits per heavy atom. The van der Waals surface area contributed by atoms with Crippen LogP contribution in [0.3, 0.4) is 0 Å². The summed E-state index contributed by atoms with van der Waals surface area (Å²) in [4.78, 5) is 27.1. The SMILES string of the molecule is NC(=O)c1cc(COc2ccc(CCC(=O)Nc3ccc(F)c(Cl)c3)cc2)ccn1. The first-order chi connectivity index (χ1) is 14.4. The highest BCUT2D eigenvalue weighted by molar-refractivity contribution is 6.31. The molecule has 1 aromatic heterocycles. The molecular weight excluding hydrogens is 409 g/mol. The van der Waals surface area contributed by atoms with Crippen molar-refractivity contribution in [3.8, 4) is 5.75 Å². The standard InChI is InChI=1S/C22H19ClFN3O3/c23-18-12-16(4-7-19(18)24)27-21(28)8-3-14-1-5-17(6-2-14)30-13-15-9-10-26-20(11-15)22(25)29/h1-2,4-7,9-12H,3,8,13H2,(H2,25,29)(H,27,28). The number of aromatic nitrogens is 1. The third-order valence-corrected chi connectivity index (χ3v) is 4.54. The lowest BCUT2D eigenvalue weighted by atomic mass is 10.1. The van der Waals surface area contributed by atoms with Crippen LogP contribution in [0.15, 0.2) is 60.8 Å². The number of anilines is 1. The molecule has 1 heterocycles. The highest BCUT2D eigenvalue weighted by atomic mass is 35.5. The number of ether oxygens (including phenoxy) is 1. The Morgan fingerprint density at radius 2 is 1.83 bits per heavy atom. The Bertz CT molecular complexity index is 1060. The summed E-state index contributed by atoms with van der Waals surface area (Å²) in [6.07, 6.45) is 2.31. The molecular formula is C22H19ClFN3O3. The second-order valence-corrected chi connectivity index (χ2v) is 6.93. The maximum atomic E-state index is 13.2. The van der Waals surface area contributed by atoms with Crippen molar-refractivity contribution in [1.29, 1.82) is 0 Å². The summed E-state index contributed by atoms with van der Waals surface area (Å²) < 4.78 is 18.9. The maximum Gasteiger partial charge on any atom is 0.267 e. The second kappa shape index (κ2) is 9.84. The summed E-state index contributed by atoms with van der Waals surface area (Å²) >= 11 is 5.71. The van der Waals surface area contributed by atoms with Gasteiger partial charge in [0.15, 0.2) is 0 Å². The molecule has 0 radical (unpaired) electrons. The molecule has 0 fully saturated rings. The summed E-state index contributed by atoms with van der Waals surface area (Å²) in [7, 11) is 0. The summed E-state index contributed by atoms with van der Waals surface area (Å²) in [5, 5.41) is 2.65. The Hall–Kier alpha value is -3.45. The fourth-order valence-corrected chi connectivity index (χ4v) is 2.85. The number of hydrogen-bond acceptors (Lipinski definition) is 4. The first kappa shape index (κ1) is 21.3. The first-order valence-corrected chi connectivity index (χ1v) is 9.50. The molecule has 6 nitrogen and oxygen atoms in total. The summed E-state index contributed by atoms with van der Waals surface area (Å²) in [5.74, 6) is -0.662. The molecule has 8 heteroatoms. The summed E-state index contributed by atoms with van der Waals surface area (Å²) in [6, 6.07) is 14.7. The van der Waals surface area contributed by atoms with Gasteiger partial charge >= 0.3 is 0 Å². The van der Waals surface area contributed by atoms with Crippen LogP contribution < -0.4 is 15.8 Å². The van der Waals surface area contributed by atoms with Gasteiger partial charge in [-0.1, -0.05) is 23.7 Å². The van der Waals surface area contributed by atoms with Gasteiger partial charge < -0.3 is 15.8 Å². The van der Waals surface area contributed by atoms with E-state index in [1.54, 1.807) is 12.1 Å². The molecule has 30 heavy (non-hydrogen) atoms. The number of amides is 2. The maximum absolute atomic E-state index is 13.2. The van der Waals surface area contributed by atoms with Crippen molar-refractivity contribution >= 4 is 29.1 Å². The number of benzene rings is 2. The Balaban J connectivity index is 1.48. The fourth-order valence-electron chi connectivity index (χ4n) is 2.67. The molecule has 2 aromatic carbocycles. The molecule has 0 aliphatic heterocycles. The largest absolute Gasteiger partial charge is 0.489 e. The van der Waals surface area contributed by atoms with Gasteiger partial charge in [0.2, 0.25) is 5.91 Å². The zero-order chi connectivity index (χ0) is 21.5. The van der Waals surface area contributed by atoms with E-state index in [1.165, 1.54) is 24.4 Å². The van der Waals surface area contributed by atoms with E-state index in [-0.39, 0.29) is 29.7 Å². The molecule has 0 saturated carbocycles. The lowest BCUT2D eigenvalue weighted by Crippen LogP contribution is -2.13. The highest BCUT2D eigenvalue weighted by Gasteiger charge is 2.07. The number of carbonyl (C=O) groups is 2. The molecule has 3 rings (SSSR count). The van der Waals surface area contributed by atoms with Gasteiger partial charge in [0.1, 0.15) is 23.9 Å². The van der Waals surface area contributed by atoms with Crippen molar-refractivity contribution in [3.05, 3.63) is 88.5 Å². The molecule has 0 bridgehead atoms. The minimum absolute atomic E-state index is 0.0407. The van der Waals surface area contributed by atoms with Crippen molar-refractivity contribution in [3.63, 3.8) is 0 Å². The minimum atomic E-state index is -0.590. The number of nitrogens with zero attached hydrogens (tertiary/aromatic N) is 1. The van der Waals surface area contributed by atoms with Crippen LogP contribution in [-0.4, -0.2) is 16.8 Å². The zero-order valence-electron chi connectivity index (χ0n) is 15.9. The first-order valence-electron chi connectivity index (χ1n) is 9.12. The van der Waals surface area contributed by atoms with Crippen molar-refractivity contribution in [2.75, 3.05) is 5.32 Å². The van der Waals surface area contributed by atoms with Crippen LogP contribution in [0, 0.1) is 5.82 Å². The minimum Gasteiger partial charge on any atom is -0.489 e. The predicted molar refractivity (Wildman–Crippen MR) is 112 cm³/mol. The van der Waals surface area contributed by atoms with Crippen molar-refractivity contribution in [2.45, 2.75) is 19.4 Å². The summed E-state index contributed by atoms with van der Waals surface area (Å²) in [6.45, 7) is 0.269. The Kier molecular flexibility index (Phi) is 6.98. The molecule has 154 valence electrons. The van der Waals surface area contributed by atoms with Crippen LogP contribution in [0.5, 0.6) is 5.75 Å². The van der Waals surface area contributed by atoms with Gasteiger partial charge in [-0.25, -0.2) is 4.39 Å². The van der Waals surface area contributed by atoms with Gasteiger partial charge in [-0.2, -0.15) is 0 Å². The van der Waals surface area contributed by atoms with Crippen molar-refractivity contribution in [1.82, 2.24) is 4.98 Å². The topological polar surface area (TPSA) is 94.3 Å². The number of nitrogens with one attached hydrogen (secondary N) is 1. The molecule has 0 unspecified atom stereocenters. The molecule has 0 atom stereocenters. The van der Waals surface area contributed by atoms with Crippen LogP contribution >= 0.6 is 11.6 Å². The third-order valence-electron chi connectivity index (χ3n) is 4.25. The number of carbonyl (C=O) groups excluding carboxylic acids is 2. The van der Waals surface area contributed by atoms with Gasteiger partial charge in [0.05, 0.1) is 5.02 Å². The Morgan fingerprint density at radius 1 is 1.07 bits per heavy atom. The summed E-state index contributed by atoms with van der Waals surface area (Å²) in [5.41, 5.74) is 7.60. The second-order valence-electron chi connectivity index (χ2n) is 6.52.